The van der Waals surface area contributed by atoms with Gasteiger partial charge < -0.3 is 14.2 Å². The van der Waals surface area contributed by atoms with Gasteiger partial charge in [0.25, 0.3) is 0 Å². The molecule has 0 aliphatic carbocycles. The third-order valence-corrected chi connectivity index (χ3v) is 4.36. The molecule has 132 valence electrons. The van der Waals surface area contributed by atoms with Crippen molar-refractivity contribution < 1.29 is 14.1 Å². The van der Waals surface area contributed by atoms with E-state index in [1.165, 1.54) is 0 Å². The second kappa shape index (κ2) is 6.95. The fraction of sp³-hybridized carbons (Fsp3) is 0.263. The highest BCUT2D eigenvalue weighted by atomic mass is 16.5. The molecule has 0 unspecified atom stereocenters. The summed E-state index contributed by atoms with van der Waals surface area (Å²) in [7, 11) is 1.73. The zero-order chi connectivity index (χ0) is 17.9. The lowest BCUT2D eigenvalue weighted by molar-refractivity contribution is -0.136. The van der Waals surface area contributed by atoms with Crippen molar-refractivity contribution in [3.8, 4) is 17.1 Å². The van der Waals surface area contributed by atoms with Crippen LogP contribution in [0, 0.1) is 5.92 Å². The number of hydrogen-bond donors (Lipinski definition) is 0. The Kier molecular flexibility index (Phi) is 4.35. The number of pyridine rings is 1. The van der Waals surface area contributed by atoms with Crippen LogP contribution in [0.3, 0.4) is 0 Å². The number of amides is 1. The van der Waals surface area contributed by atoms with Crippen LogP contribution in [0.2, 0.25) is 0 Å². The molecule has 3 heterocycles. The van der Waals surface area contributed by atoms with Crippen molar-refractivity contribution in [1.29, 1.82) is 0 Å². The maximum absolute atomic E-state index is 12.7. The molecule has 0 spiro atoms. The van der Waals surface area contributed by atoms with Crippen molar-refractivity contribution in [2.75, 3.05) is 13.7 Å². The van der Waals surface area contributed by atoms with Crippen LogP contribution in [0.5, 0.6) is 5.75 Å². The number of para-hydroxylation sites is 1. The average Bonchev–Trinajstić information content (AvgIpc) is 3.16. The van der Waals surface area contributed by atoms with Crippen LogP contribution in [-0.4, -0.2) is 39.6 Å². The Bertz CT molecular complexity index is 910. The summed E-state index contributed by atoms with van der Waals surface area (Å²) in [6, 6.07) is 11.5. The van der Waals surface area contributed by atoms with Gasteiger partial charge in [0.1, 0.15) is 12.4 Å². The Morgan fingerprint density at radius 1 is 1.27 bits per heavy atom. The lowest BCUT2D eigenvalue weighted by Crippen LogP contribution is -2.38. The lowest BCUT2D eigenvalue weighted by Gasteiger charge is -2.27. The van der Waals surface area contributed by atoms with Crippen LogP contribution in [0.1, 0.15) is 11.5 Å². The van der Waals surface area contributed by atoms with E-state index in [0.717, 1.165) is 16.9 Å². The van der Waals surface area contributed by atoms with Gasteiger partial charge in [0.05, 0.1) is 12.5 Å². The van der Waals surface area contributed by atoms with Crippen LogP contribution in [0.4, 0.5) is 0 Å². The van der Waals surface area contributed by atoms with Crippen LogP contribution >= 0.6 is 0 Å². The minimum Gasteiger partial charge on any atom is -0.492 e. The second-order valence-electron chi connectivity index (χ2n) is 6.27. The van der Waals surface area contributed by atoms with Gasteiger partial charge in [0.15, 0.2) is 0 Å². The molecule has 7 nitrogen and oxygen atoms in total. The smallest absolute Gasteiger partial charge is 0.246 e. The van der Waals surface area contributed by atoms with Crippen molar-refractivity contribution >= 4 is 5.91 Å². The number of carbonyl (C=O) groups is 1. The topological polar surface area (TPSA) is 81.4 Å². The van der Waals surface area contributed by atoms with Crippen molar-refractivity contribution in [2.45, 2.75) is 13.0 Å². The summed E-state index contributed by atoms with van der Waals surface area (Å²) in [5, 5.41) is 3.95. The monoisotopic (exact) mass is 350 g/mol. The van der Waals surface area contributed by atoms with Gasteiger partial charge >= 0.3 is 0 Å². The molecule has 2 aromatic heterocycles. The Morgan fingerprint density at radius 3 is 3.00 bits per heavy atom. The number of ether oxygens (including phenoxy) is 1. The Hall–Kier alpha value is -3.22. The zero-order valence-corrected chi connectivity index (χ0v) is 14.3. The largest absolute Gasteiger partial charge is 0.492 e. The van der Waals surface area contributed by atoms with E-state index in [1.54, 1.807) is 24.3 Å². The van der Waals surface area contributed by atoms with Gasteiger partial charge in [0, 0.05) is 25.0 Å². The normalized spacial score (nSPS) is 15.8. The molecule has 0 saturated heterocycles. The van der Waals surface area contributed by atoms with E-state index in [4.69, 9.17) is 9.26 Å². The first-order valence-electron chi connectivity index (χ1n) is 8.39. The molecule has 0 fully saturated rings. The highest BCUT2D eigenvalue weighted by molar-refractivity contribution is 5.79. The number of rotatable bonds is 4. The summed E-state index contributed by atoms with van der Waals surface area (Å²) in [5.74, 6) is 1.49. The molecular formula is C19H18N4O3. The van der Waals surface area contributed by atoms with Crippen molar-refractivity contribution in [3.63, 3.8) is 0 Å². The van der Waals surface area contributed by atoms with Gasteiger partial charge in [-0.05, 0) is 30.2 Å². The number of benzene rings is 1. The summed E-state index contributed by atoms with van der Waals surface area (Å²) < 4.78 is 11.0. The Morgan fingerprint density at radius 2 is 2.15 bits per heavy atom. The SMILES string of the molecule is CN(Cc1nc(-c2cccnc2)no1)C(=O)[C@H]1COc2ccccc2C1. The standard InChI is InChI=1S/C19H18N4O3/c1-23(11-17-21-18(22-26-17)14-6-4-8-20-10-14)19(24)15-9-13-5-2-3-7-16(13)25-12-15/h2-8,10,15H,9,11-12H2,1H3/t15-/m1/s1. The molecule has 1 aromatic carbocycles. The molecule has 0 saturated carbocycles. The third-order valence-electron chi connectivity index (χ3n) is 4.36. The lowest BCUT2D eigenvalue weighted by atomic mass is 9.95. The van der Waals surface area contributed by atoms with Gasteiger partial charge in [-0.25, -0.2) is 0 Å². The van der Waals surface area contributed by atoms with Gasteiger partial charge in [-0.2, -0.15) is 4.98 Å². The fourth-order valence-corrected chi connectivity index (χ4v) is 3.01. The molecule has 7 heteroatoms. The Labute approximate surface area is 150 Å². The van der Waals surface area contributed by atoms with Crippen molar-refractivity contribution in [1.82, 2.24) is 20.0 Å². The summed E-state index contributed by atoms with van der Waals surface area (Å²) in [4.78, 5) is 22.7. The minimum atomic E-state index is -0.212. The first-order valence-corrected chi connectivity index (χ1v) is 8.39. The number of hydrogen-bond acceptors (Lipinski definition) is 6. The maximum Gasteiger partial charge on any atom is 0.246 e. The van der Waals surface area contributed by atoms with Crippen LogP contribution in [-0.2, 0) is 17.8 Å². The number of fused-ring (bicyclic) bond motifs is 1. The van der Waals surface area contributed by atoms with Gasteiger partial charge in [-0.3, -0.25) is 9.78 Å². The van der Waals surface area contributed by atoms with E-state index in [1.807, 2.05) is 36.4 Å². The molecule has 0 radical (unpaired) electrons. The molecule has 1 atom stereocenters. The predicted octanol–water partition coefficient (Wildman–Crippen LogP) is 2.34. The molecule has 1 aliphatic rings. The van der Waals surface area contributed by atoms with Crippen molar-refractivity contribution in [3.05, 3.63) is 60.2 Å². The second-order valence-corrected chi connectivity index (χ2v) is 6.27. The predicted molar refractivity (Wildman–Crippen MR) is 93.1 cm³/mol. The summed E-state index contributed by atoms with van der Waals surface area (Å²) in [6.45, 7) is 0.634. The first-order chi connectivity index (χ1) is 12.7. The zero-order valence-electron chi connectivity index (χ0n) is 14.3. The minimum absolute atomic E-state index is 0.000584. The van der Waals surface area contributed by atoms with E-state index in [0.29, 0.717) is 24.7 Å². The van der Waals surface area contributed by atoms with E-state index in [-0.39, 0.29) is 18.4 Å². The summed E-state index contributed by atoms with van der Waals surface area (Å²) >= 11 is 0. The van der Waals surface area contributed by atoms with E-state index >= 15 is 0 Å². The molecular weight excluding hydrogens is 332 g/mol. The number of carbonyl (C=O) groups excluding carboxylic acids is 1. The molecule has 26 heavy (non-hydrogen) atoms. The first kappa shape index (κ1) is 16.3. The van der Waals surface area contributed by atoms with E-state index in [2.05, 4.69) is 15.1 Å². The van der Waals surface area contributed by atoms with Gasteiger partial charge in [-0.1, -0.05) is 23.4 Å². The molecule has 1 aliphatic heterocycles. The quantitative estimate of drug-likeness (QED) is 0.718. The molecule has 4 rings (SSSR count). The summed E-state index contributed by atoms with van der Waals surface area (Å²) in [6.07, 6.45) is 4.02. The third kappa shape index (κ3) is 3.28. The molecule has 0 N–H and O–H groups in total. The maximum atomic E-state index is 12.7. The highest BCUT2D eigenvalue weighted by Crippen LogP contribution is 2.27. The number of nitrogens with zero attached hydrogens (tertiary/aromatic N) is 4. The van der Waals surface area contributed by atoms with Crippen molar-refractivity contribution in [2.24, 2.45) is 5.92 Å². The van der Waals surface area contributed by atoms with E-state index in [9.17, 15) is 4.79 Å². The van der Waals surface area contributed by atoms with Gasteiger partial charge in [-0.15, -0.1) is 0 Å². The average molecular weight is 350 g/mol. The summed E-state index contributed by atoms with van der Waals surface area (Å²) in [5.41, 5.74) is 1.83. The van der Waals surface area contributed by atoms with Gasteiger partial charge in [0.2, 0.25) is 17.6 Å². The molecule has 1 amide bonds. The van der Waals surface area contributed by atoms with Crippen LogP contribution in [0.25, 0.3) is 11.4 Å². The molecule has 0 bridgehead atoms. The van der Waals surface area contributed by atoms with E-state index < -0.39 is 0 Å². The molecule has 3 aromatic rings. The highest BCUT2D eigenvalue weighted by Gasteiger charge is 2.28. The fourth-order valence-electron chi connectivity index (χ4n) is 3.01. The Balaban J connectivity index is 1.42. The van der Waals surface area contributed by atoms with Crippen LogP contribution in [0.15, 0.2) is 53.3 Å². The van der Waals surface area contributed by atoms with Crippen LogP contribution < -0.4 is 4.74 Å². The number of aromatic nitrogens is 3.